The van der Waals surface area contributed by atoms with Gasteiger partial charge in [-0.05, 0) is 72.8 Å². The second kappa shape index (κ2) is 7.77. The first kappa shape index (κ1) is 18.9. The van der Waals surface area contributed by atoms with E-state index in [4.69, 9.17) is 11.6 Å². The summed E-state index contributed by atoms with van der Waals surface area (Å²) in [6.45, 7) is 0. The van der Waals surface area contributed by atoms with E-state index in [0.29, 0.717) is 22.0 Å². The highest BCUT2D eigenvalue weighted by Crippen LogP contribution is 2.19. The molecule has 138 valence electrons. The van der Waals surface area contributed by atoms with Gasteiger partial charge in [-0.1, -0.05) is 11.6 Å². The maximum Gasteiger partial charge on any atom is 0.261 e. The number of sulfonamides is 1. The van der Waals surface area contributed by atoms with E-state index < -0.39 is 15.8 Å². The zero-order valence-corrected chi connectivity index (χ0v) is 15.4. The van der Waals surface area contributed by atoms with E-state index in [-0.39, 0.29) is 10.8 Å². The fraction of sp³-hybridized carbons (Fsp3) is 0. The molecule has 0 spiro atoms. The third kappa shape index (κ3) is 4.84. The standard InChI is InChI=1S/C19H14ClFN2O3S/c20-14-3-1-13(2-4-14)19(24)22-16-7-9-17(10-8-16)23-27(25,26)18-11-5-15(21)6-12-18/h1-12,23H,(H,22,24). The van der Waals surface area contributed by atoms with Crippen LogP contribution in [0.15, 0.2) is 77.7 Å². The van der Waals surface area contributed by atoms with Crippen molar-refractivity contribution >= 4 is 38.9 Å². The summed E-state index contributed by atoms with van der Waals surface area (Å²) in [5, 5.41) is 3.24. The van der Waals surface area contributed by atoms with Crippen molar-refractivity contribution in [2.75, 3.05) is 10.0 Å². The Morgan fingerprint density at radius 3 is 1.96 bits per heavy atom. The van der Waals surface area contributed by atoms with Gasteiger partial charge < -0.3 is 5.32 Å². The summed E-state index contributed by atoms with van der Waals surface area (Å²) in [5.41, 5.74) is 1.25. The number of hydrogen-bond donors (Lipinski definition) is 2. The average Bonchev–Trinajstić information content (AvgIpc) is 2.64. The van der Waals surface area contributed by atoms with Gasteiger partial charge in [0.05, 0.1) is 4.90 Å². The molecule has 0 unspecified atom stereocenters. The molecule has 8 heteroatoms. The van der Waals surface area contributed by atoms with Crippen LogP contribution in [-0.2, 0) is 10.0 Å². The summed E-state index contributed by atoms with van der Waals surface area (Å²) in [4.78, 5) is 12.1. The Morgan fingerprint density at radius 2 is 1.37 bits per heavy atom. The molecule has 0 aliphatic carbocycles. The molecule has 3 aromatic rings. The van der Waals surface area contributed by atoms with Crippen LogP contribution in [0.5, 0.6) is 0 Å². The van der Waals surface area contributed by atoms with E-state index in [9.17, 15) is 17.6 Å². The van der Waals surface area contributed by atoms with E-state index in [1.807, 2.05) is 0 Å². The molecule has 0 fully saturated rings. The van der Waals surface area contributed by atoms with Crippen LogP contribution in [0.4, 0.5) is 15.8 Å². The Balaban J connectivity index is 1.69. The van der Waals surface area contributed by atoms with Crippen molar-refractivity contribution in [2.45, 2.75) is 4.90 Å². The van der Waals surface area contributed by atoms with Gasteiger partial charge in [-0.2, -0.15) is 0 Å². The SMILES string of the molecule is O=C(Nc1ccc(NS(=O)(=O)c2ccc(F)cc2)cc1)c1ccc(Cl)cc1. The third-order valence-electron chi connectivity index (χ3n) is 3.63. The van der Waals surface area contributed by atoms with Crippen molar-refractivity contribution in [2.24, 2.45) is 0 Å². The lowest BCUT2D eigenvalue weighted by atomic mass is 10.2. The lowest BCUT2D eigenvalue weighted by molar-refractivity contribution is 0.102. The molecule has 3 rings (SSSR count). The molecule has 27 heavy (non-hydrogen) atoms. The first-order chi connectivity index (χ1) is 12.8. The van der Waals surface area contributed by atoms with Crippen molar-refractivity contribution in [3.8, 4) is 0 Å². The first-order valence-corrected chi connectivity index (χ1v) is 9.65. The third-order valence-corrected chi connectivity index (χ3v) is 5.27. The number of nitrogens with one attached hydrogen (secondary N) is 2. The van der Waals surface area contributed by atoms with E-state index in [1.165, 1.54) is 24.3 Å². The van der Waals surface area contributed by atoms with Crippen LogP contribution in [0.2, 0.25) is 5.02 Å². The molecule has 0 aliphatic heterocycles. The quantitative estimate of drug-likeness (QED) is 0.655. The van der Waals surface area contributed by atoms with Crippen molar-refractivity contribution in [3.05, 3.63) is 89.2 Å². The van der Waals surface area contributed by atoms with Gasteiger partial charge in [0.15, 0.2) is 0 Å². The lowest BCUT2D eigenvalue weighted by Crippen LogP contribution is -2.13. The molecule has 1 amide bonds. The van der Waals surface area contributed by atoms with Crippen LogP contribution in [-0.4, -0.2) is 14.3 Å². The van der Waals surface area contributed by atoms with Crippen LogP contribution < -0.4 is 10.0 Å². The maximum atomic E-state index is 12.9. The molecule has 0 radical (unpaired) electrons. The topological polar surface area (TPSA) is 75.3 Å². The van der Waals surface area contributed by atoms with Crippen LogP contribution in [0, 0.1) is 5.82 Å². The van der Waals surface area contributed by atoms with Gasteiger partial charge in [0.25, 0.3) is 15.9 Å². The molecule has 0 saturated heterocycles. The minimum atomic E-state index is -3.83. The van der Waals surface area contributed by atoms with Crippen molar-refractivity contribution in [1.82, 2.24) is 0 Å². The number of anilines is 2. The molecule has 0 bridgehead atoms. The molecule has 2 N–H and O–H groups in total. The number of rotatable bonds is 5. The minimum Gasteiger partial charge on any atom is -0.322 e. The molecular formula is C19H14ClFN2O3S. The number of carbonyl (C=O) groups excluding carboxylic acids is 1. The summed E-state index contributed by atoms with van der Waals surface area (Å²) < 4.78 is 39.9. The fourth-order valence-corrected chi connectivity index (χ4v) is 3.44. The van der Waals surface area contributed by atoms with Crippen molar-refractivity contribution in [1.29, 1.82) is 0 Å². The molecule has 0 aromatic heterocycles. The van der Waals surface area contributed by atoms with Gasteiger partial charge in [-0.3, -0.25) is 9.52 Å². The van der Waals surface area contributed by atoms with Crippen LogP contribution in [0.3, 0.4) is 0 Å². The highest BCUT2D eigenvalue weighted by molar-refractivity contribution is 7.92. The Kier molecular flexibility index (Phi) is 5.43. The number of hydrogen-bond acceptors (Lipinski definition) is 3. The van der Waals surface area contributed by atoms with Crippen LogP contribution in [0.1, 0.15) is 10.4 Å². The number of carbonyl (C=O) groups is 1. The second-order valence-electron chi connectivity index (χ2n) is 5.60. The van der Waals surface area contributed by atoms with Gasteiger partial charge in [0, 0.05) is 22.0 Å². The van der Waals surface area contributed by atoms with Gasteiger partial charge >= 0.3 is 0 Å². The van der Waals surface area contributed by atoms with Gasteiger partial charge in [0.2, 0.25) is 0 Å². The molecule has 5 nitrogen and oxygen atoms in total. The minimum absolute atomic E-state index is 0.0518. The smallest absolute Gasteiger partial charge is 0.261 e. The summed E-state index contributed by atoms with van der Waals surface area (Å²) in [5.74, 6) is -0.832. The Morgan fingerprint density at radius 1 is 0.815 bits per heavy atom. The van der Waals surface area contributed by atoms with E-state index in [1.54, 1.807) is 36.4 Å². The summed E-state index contributed by atoms with van der Waals surface area (Å²) >= 11 is 5.79. The van der Waals surface area contributed by atoms with E-state index in [2.05, 4.69) is 10.0 Å². The number of amides is 1. The normalized spacial score (nSPS) is 11.0. The van der Waals surface area contributed by atoms with Gasteiger partial charge in [-0.15, -0.1) is 0 Å². The lowest BCUT2D eigenvalue weighted by Gasteiger charge is -2.10. The zero-order chi connectivity index (χ0) is 19.4. The fourth-order valence-electron chi connectivity index (χ4n) is 2.25. The number of benzene rings is 3. The van der Waals surface area contributed by atoms with Crippen LogP contribution >= 0.6 is 11.6 Å². The van der Waals surface area contributed by atoms with Crippen LogP contribution in [0.25, 0.3) is 0 Å². The van der Waals surface area contributed by atoms with Crippen molar-refractivity contribution < 1.29 is 17.6 Å². The highest BCUT2D eigenvalue weighted by Gasteiger charge is 2.14. The molecule has 0 aliphatic rings. The summed E-state index contributed by atoms with van der Waals surface area (Å²) in [6.07, 6.45) is 0. The predicted octanol–water partition coefficient (Wildman–Crippen LogP) is 4.53. The van der Waals surface area contributed by atoms with E-state index >= 15 is 0 Å². The molecule has 0 atom stereocenters. The van der Waals surface area contributed by atoms with Gasteiger partial charge in [0.1, 0.15) is 5.82 Å². The Labute approximate surface area is 160 Å². The Hall–Kier alpha value is -2.90. The first-order valence-electron chi connectivity index (χ1n) is 7.79. The molecular weight excluding hydrogens is 391 g/mol. The van der Waals surface area contributed by atoms with Crippen molar-refractivity contribution in [3.63, 3.8) is 0 Å². The van der Waals surface area contributed by atoms with E-state index in [0.717, 1.165) is 12.1 Å². The predicted molar refractivity (Wildman–Crippen MR) is 103 cm³/mol. The molecule has 0 saturated carbocycles. The maximum absolute atomic E-state index is 12.9. The summed E-state index contributed by atoms with van der Waals surface area (Å²) in [7, 11) is -3.83. The largest absolute Gasteiger partial charge is 0.322 e. The monoisotopic (exact) mass is 404 g/mol. The molecule has 0 heterocycles. The number of halogens is 2. The van der Waals surface area contributed by atoms with Gasteiger partial charge in [-0.25, -0.2) is 12.8 Å². The Bertz CT molecular complexity index is 1050. The molecule has 3 aromatic carbocycles. The summed E-state index contributed by atoms with van der Waals surface area (Å²) in [6, 6.07) is 17.1. The second-order valence-corrected chi connectivity index (χ2v) is 7.72. The average molecular weight is 405 g/mol. The highest BCUT2D eigenvalue weighted by atomic mass is 35.5. The zero-order valence-electron chi connectivity index (χ0n) is 13.8.